The molecular weight excluding hydrogens is 348 g/mol. The van der Waals surface area contributed by atoms with Gasteiger partial charge in [-0.2, -0.15) is 0 Å². The average Bonchev–Trinajstić information content (AvgIpc) is 2.91. The molecule has 2 rings (SSSR count). The van der Waals surface area contributed by atoms with Crippen molar-refractivity contribution in [1.82, 2.24) is 9.80 Å². The molecule has 0 aliphatic carbocycles. The first kappa shape index (κ1) is 20.5. The van der Waals surface area contributed by atoms with Crippen LogP contribution < -0.4 is 4.74 Å². The molecule has 0 spiro atoms. The number of methoxy groups -OCH3 is 1. The average molecular weight is 377 g/mol. The summed E-state index contributed by atoms with van der Waals surface area (Å²) in [7, 11) is 1.59. The van der Waals surface area contributed by atoms with Gasteiger partial charge in [0.2, 0.25) is 0 Å². The Morgan fingerprint density at radius 3 is 2.38 bits per heavy atom. The van der Waals surface area contributed by atoms with Crippen LogP contribution in [0.3, 0.4) is 0 Å². The molecule has 5 nitrogen and oxygen atoms in total. The van der Waals surface area contributed by atoms with Gasteiger partial charge < -0.3 is 4.74 Å². The van der Waals surface area contributed by atoms with Gasteiger partial charge in [0, 0.05) is 5.56 Å². The predicted octanol–water partition coefficient (Wildman–Crippen LogP) is 4.59. The molecule has 0 radical (unpaired) electrons. The minimum atomic E-state index is -0.219. The minimum absolute atomic E-state index is 0.200. The van der Waals surface area contributed by atoms with E-state index in [-0.39, 0.29) is 11.1 Å². The van der Waals surface area contributed by atoms with Crippen LogP contribution in [0.2, 0.25) is 0 Å². The van der Waals surface area contributed by atoms with E-state index in [1.165, 1.54) is 4.90 Å². The first-order chi connectivity index (χ1) is 12.6. The summed E-state index contributed by atoms with van der Waals surface area (Å²) in [5.74, 6) is 0.468. The molecule has 0 atom stereocenters. The maximum Gasteiger partial charge on any atom is 0.294 e. The monoisotopic (exact) mass is 376 g/mol. The Labute approximate surface area is 160 Å². The van der Waals surface area contributed by atoms with Gasteiger partial charge in [-0.1, -0.05) is 44.9 Å². The summed E-state index contributed by atoms with van der Waals surface area (Å²) in [4.78, 5) is 29.2. The van der Waals surface area contributed by atoms with Crippen molar-refractivity contribution in [3.05, 3.63) is 34.7 Å². The third-order valence-corrected chi connectivity index (χ3v) is 5.20. The highest BCUT2D eigenvalue weighted by Crippen LogP contribution is 2.34. The lowest BCUT2D eigenvalue weighted by atomic mass is 10.2. The first-order valence-corrected chi connectivity index (χ1v) is 10.0. The number of unbranched alkanes of at least 4 members (excludes halogenated alkanes) is 2. The number of nitrogens with zero attached hydrogens (tertiary/aromatic N) is 2. The molecule has 1 aliphatic rings. The number of hydrogen-bond acceptors (Lipinski definition) is 5. The number of imide groups is 1. The summed E-state index contributed by atoms with van der Waals surface area (Å²) in [5, 5.41) is -0.200. The number of benzene rings is 1. The van der Waals surface area contributed by atoms with Crippen LogP contribution in [0, 0.1) is 0 Å². The molecule has 0 N–H and O–H groups in total. The van der Waals surface area contributed by atoms with Crippen LogP contribution in [0.4, 0.5) is 4.79 Å². The number of hydrogen-bond donors (Lipinski definition) is 0. The number of carbonyl (C=O) groups excluding carboxylic acids is 2. The van der Waals surface area contributed by atoms with Crippen molar-refractivity contribution in [2.24, 2.45) is 0 Å². The van der Waals surface area contributed by atoms with Gasteiger partial charge in [0.15, 0.2) is 0 Å². The van der Waals surface area contributed by atoms with E-state index < -0.39 is 0 Å². The molecule has 142 valence electrons. The van der Waals surface area contributed by atoms with Crippen LogP contribution in [0.15, 0.2) is 29.2 Å². The molecule has 0 aromatic heterocycles. The summed E-state index contributed by atoms with van der Waals surface area (Å²) in [5.41, 5.74) is 0.800. The number of para-hydroxylation sites is 1. The second-order valence-electron chi connectivity index (χ2n) is 6.32. The van der Waals surface area contributed by atoms with Gasteiger partial charge in [-0.3, -0.25) is 19.4 Å². The number of amides is 2. The van der Waals surface area contributed by atoms with Crippen molar-refractivity contribution in [1.29, 1.82) is 0 Å². The van der Waals surface area contributed by atoms with Crippen molar-refractivity contribution in [3.63, 3.8) is 0 Å². The lowest BCUT2D eigenvalue weighted by Gasteiger charge is -2.26. The Morgan fingerprint density at radius 1 is 1.12 bits per heavy atom. The summed E-state index contributed by atoms with van der Waals surface area (Å²) in [6, 6.07) is 7.48. The number of carbonyl (C=O) groups is 2. The molecule has 2 amide bonds. The molecular formula is C20H28N2O3S. The summed E-state index contributed by atoms with van der Waals surface area (Å²) in [6.07, 6.45) is 6.07. The van der Waals surface area contributed by atoms with Crippen LogP contribution in [-0.4, -0.2) is 47.8 Å². The highest BCUT2D eigenvalue weighted by atomic mass is 32.2. The van der Waals surface area contributed by atoms with E-state index in [4.69, 9.17) is 4.74 Å². The fraction of sp³-hybridized carbons (Fsp3) is 0.500. The lowest BCUT2D eigenvalue weighted by molar-refractivity contribution is -0.124. The van der Waals surface area contributed by atoms with Crippen molar-refractivity contribution in [3.8, 4) is 5.75 Å². The SMILES string of the molecule is CCCCN(CCCC)CN1C(=O)SC(=Cc2ccccc2OC)C1=O. The van der Waals surface area contributed by atoms with Gasteiger partial charge in [0.25, 0.3) is 11.1 Å². The molecule has 1 aromatic rings. The zero-order valence-electron chi connectivity index (χ0n) is 15.9. The second-order valence-corrected chi connectivity index (χ2v) is 7.31. The zero-order valence-corrected chi connectivity index (χ0v) is 16.7. The second kappa shape index (κ2) is 10.4. The van der Waals surface area contributed by atoms with Gasteiger partial charge >= 0.3 is 0 Å². The fourth-order valence-corrected chi connectivity index (χ4v) is 3.59. The van der Waals surface area contributed by atoms with Crippen molar-refractivity contribution >= 4 is 29.0 Å². The zero-order chi connectivity index (χ0) is 18.9. The maximum atomic E-state index is 12.8. The van der Waals surface area contributed by atoms with Crippen LogP contribution in [0.25, 0.3) is 6.08 Å². The Hall–Kier alpha value is -1.79. The molecule has 1 heterocycles. The highest BCUT2D eigenvalue weighted by Gasteiger charge is 2.36. The van der Waals surface area contributed by atoms with E-state index >= 15 is 0 Å². The third-order valence-electron chi connectivity index (χ3n) is 4.30. The van der Waals surface area contributed by atoms with Crippen LogP contribution in [0.1, 0.15) is 45.1 Å². The summed E-state index contributed by atoms with van der Waals surface area (Å²) < 4.78 is 5.33. The van der Waals surface area contributed by atoms with Gasteiger partial charge in [-0.25, -0.2) is 0 Å². The number of rotatable bonds is 10. The molecule has 0 saturated carbocycles. The molecule has 0 bridgehead atoms. The predicted molar refractivity (Wildman–Crippen MR) is 107 cm³/mol. The Kier molecular flexibility index (Phi) is 8.19. The number of thioether (sulfide) groups is 1. The summed E-state index contributed by atoms with van der Waals surface area (Å²) >= 11 is 1.00. The molecule has 6 heteroatoms. The van der Waals surface area contributed by atoms with E-state index in [0.717, 1.165) is 56.1 Å². The minimum Gasteiger partial charge on any atom is -0.496 e. The molecule has 1 aromatic carbocycles. The normalized spacial score (nSPS) is 16.2. The topological polar surface area (TPSA) is 49.9 Å². The molecule has 1 saturated heterocycles. The van der Waals surface area contributed by atoms with Crippen LogP contribution >= 0.6 is 11.8 Å². The first-order valence-electron chi connectivity index (χ1n) is 9.21. The third kappa shape index (κ3) is 5.35. The Balaban J connectivity index is 2.12. The van der Waals surface area contributed by atoms with Crippen molar-refractivity contribution < 1.29 is 14.3 Å². The Morgan fingerprint density at radius 2 is 1.77 bits per heavy atom. The quantitative estimate of drug-likeness (QED) is 0.559. The largest absolute Gasteiger partial charge is 0.496 e. The van der Waals surface area contributed by atoms with E-state index in [0.29, 0.717) is 17.3 Å². The van der Waals surface area contributed by atoms with E-state index in [1.807, 2.05) is 24.3 Å². The van der Waals surface area contributed by atoms with E-state index in [1.54, 1.807) is 13.2 Å². The van der Waals surface area contributed by atoms with Crippen molar-refractivity contribution in [2.75, 3.05) is 26.9 Å². The Bertz CT molecular complexity index is 652. The number of ether oxygens (including phenoxy) is 1. The molecule has 26 heavy (non-hydrogen) atoms. The highest BCUT2D eigenvalue weighted by molar-refractivity contribution is 8.18. The summed E-state index contributed by atoms with van der Waals surface area (Å²) in [6.45, 7) is 6.48. The van der Waals surface area contributed by atoms with Gasteiger partial charge in [-0.05, 0) is 49.8 Å². The molecule has 0 unspecified atom stereocenters. The standard InChI is InChI=1S/C20H28N2O3S/c1-4-6-12-21(13-7-5-2)15-22-19(23)18(26-20(22)24)14-16-10-8-9-11-17(16)25-3/h8-11,14H,4-7,12-13,15H2,1-3H3. The fourth-order valence-electron chi connectivity index (χ4n) is 2.77. The lowest BCUT2D eigenvalue weighted by Crippen LogP contribution is -2.41. The van der Waals surface area contributed by atoms with Crippen LogP contribution in [0.5, 0.6) is 5.75 Å². The van der Waals surface area contributed by atoms with Gasteiger partial charge in [-0.15, -0.1) is 0 Å². The molecule has 1 fully saturated rings. The van der Waals surface area contributed by atoms with E-state index in [9.17, 15) is 9.59 Å². The molecule has 1 aliphatic heterocycles. The smallest absolute Gasteiger partial charge is 0.294 e. The van der Waals surface area contributed by atoms with E-state index in [2.05, 4.69) is 18.7 Å². The van der Waals surface area contributed by atoms with Crippen molar-refractivity contribution in [2.45, 2.75) is 39.5 Å². The van der Waals surface area contributed by atoms with Gasteiger partial charge in [0.1, 0.15) is 5.75 Å². The van der Waals surface area contributed by atoms with Gasteiger partial charge in [0.05, 0.1) is 18.7 Å². The van der Waals surface area contributed by atoms with Crippen LogP contribution in [-0.2, 0) is 4.79 Å². The maximum absolute atomic E-state index is 12.8.